The largest absolute Gasteiger partial charge is 0.309 e. The number of benzene rings is 2. The summed E-state index contributed by atoms with van der Waals surface area (Å²) < 4.78 is 15.3. The fourth-order valence-corrected chi connectivity index (χ4v) is 3.54. The Kier molecular flexibility index (Phi) is 5.12. The van der Waals surface area contributed by atoms with Crippen LogP contribution in [0.5, 0.6) is 0 Å². The maximum atomic E-state index is 13.4. The van der Waals surface area contributed by atoms with Crippen LogP contribution in [0.25, 0.3) is 16.9 Å². The highest BCUT2D eigenvalue weighted by Crippen LogP contribution is 2.31. The van der Waals surface area contributed by atoms with Crippen LogP contribution < -0.4 is 5.32 Å². The van der Waals surface area contributed by atoms with Gasteiger partial charge in [0.25, 0.3) is 0 Å². The van der Waals surface area contributed by atoms with Crippen molar-refractivity contribution in [2.75, 3.05) is 5.32 Å². The quantitative estimate of drug-likeness (QED) is 0.486. The maximum absolute atomic E-state index is 13.4. The van der Waals surface area contributed by atoms with E-state index < -0.39 is 0 Å². The summed E-state index contributed by atoms with van der Waals surface area (Å²) in [6.45, 7) is 3.99. The number of imidazole rings is 1. The Balaban J connectivity index is 1.78. The highest BCUT2D eigenvalue weighted by atomic mass is 19.1. The molecule has 1 atom stereocenters. The van der Waals surface area contributed by atoms with Crippen molar-refractivity contribution in [3.8, 4) is 11.3 Å². The molecule has 0 aliphatic carbocycles. The predicted octanol–water partition coefficient (Wildman–Crippen LogP) is 5.58. The number of hydrogen-bond donors (Lipinski definition) is 1. The maximum Gasteiger partial charge on any atom is 0.233 e. The van der Waals surface area contributed by atoms with E-state index in [1.807, 2.05) is 66.9 Å². The molecule has 1 unspecified atom stereocenters. The summed E-state index contributed by atoms with van der Waals surface area (Å²) in [5.74, 6) is -0.0854. The van der Waals surface area contributed by atoms with Gasteiger partial charge in [-0.15, -0.1) is 0 Å². The SMILES string of the molecule is CCC(C(=O)Nc1c(-c2ccc(F)cc2)nc2cc(C)ccn12)c1ccccc1. The van der Waals surface area contributed by atoms with Crippen LogP contribution in [0.15, 0.2) is 72.9 Å². The van der Waals surface area contributed by atoms with Crippen LogP contribution in [0.2, 0.25) is 0 Å². The summed E-state index contributed by atoms with van der Waals surface area (Å²) in [4.78, 5) is 17.9. The number of carbonyl (C=O) groups is 1. The van der Waals surface area contributed by atoms with Crippen LogP contribution in [0.1, 0.15) is 30.4 Å². The van der Waals surface area contributed by atoms with Gasteiger partial charge in [-0.3, -0.25) is 9.20 Å². The molecule has 0 aliphatic rings. The molecule has 0 radical (unpaired) electrons. The van der Waals surface area contributed by atoms with Gasteiger partial charge in [0.2, 0.25) is 5.91 Å². The lowest BCUT2D eigenvalue weighted by atomic mass is 9.95. The summed E-state index contributed by atoms with van der Waals surface area (Å²) in [6.07, 6.45) is 2.57. The number of fused-ring (bicyclic) bond motifs is 1. The lowest BCUT2D eigenvalue weighted by molar-refractivity contribution is -0.117. The first-order valence-corrected chi connectivity index (χ1v) is 9.67. The molecule has 0 spiro atoms. The topological polar surface area (TPSA) is 46.4 Å². The number of anilines is 1. The Bertz CT molecular complexity index is 1150. The van der Waals surface area contributed by atoms with Gasteiger partial charge in [-0.05, 0) is 60.9 Å². The molecule has 29 heavy (non-hydrogen) atoms. The van der Waals surface area contributed by atoms with E-state index in [9.17, 15) is 9.18 Å². The van der Waals surface area contributed by atoms with E-state index in [1.165, 1.54) is 12.1 Å². The van der Waals surface area contributed by atoms with Gasteiger partial charge in [0.05, 0.1) is 5.92 Å². The third kappa shape index (κ3) is 3.76. The lowest BCUT2D eigenvalue weighted by Gasteiger charge is -2.16. The Morgan fingerprint density at radius 3 is 2.52 bits per heavy atom. The molecule has 146 valence electrons. The van der Waals surface area contributed by atoms with Crippen molar-refractivity contribution < 1.29 is 9.18 Å². The number of amides is 1. The third-order valence-corrected chi connectivity index (χ3v) is 5.07. The van der Waals surface area contributed by atoms with Crippen molar-refractivity contribution in [3.05, 3.63) is 89.9 Å². The van der Waals surface area contributed by atoms with Gasteiger partial charge in [-0.1, -0.05) is 37.3 Å². The van der Waals surface area contributed by atoms with Crippen LogP contribution in [-0.4, -0.2) is 15.3 Å². The average Bonchev–Trinajstić information content (AvgIpc) is 3.07. The number of pyridine rings is 1. The van der Waals surface area contributed by atoms with Crippen LogP contribution in [0.3, 0.4) is 0 Å². The molecular weight excluding hydrogens is 365 g/mol. The number of hydrogen-bond acceptors (Lipinski definition) is 2. The molecule has 0 bridgehead atoms. The lowest BCUT2D eigenvalue weighted by Crippen LogP contribution is -2.22. The van der Waals surface area contributed by atoms with Gasteiger partial charge in [-0.2, -0.15) is 0 Å². The second kappa shape index (κ2) is 7.87. The molecule has 5 heteroatoms. The minimum Gasteiger partial charge on any atom is -0.309 e. The van der Waals surface area contributed by atoms with E-state index >= 15 is 0 Å². The molecule has 4 aromatic rings. The molecule has 0 saturated heterocycles. The Morgan fingerprint density at radius 2 is 1.83 bits per heavy atom. The molecule has 1 amide bonds. The number of nitrogens with one attached hydrogen (secondary N) is 1. The number of aryl methyl sites for hydroxylation is 1. The number of aromatic nitrogens is 2. The molecule has 4 nitrogen and oxygen atoms in total. The predicted molar refractivity (Wildman–Crippen MR) is 113 cm³/mol. The molecule has 2 aromatic carbocycles. The standard InChI is InChI=1S/C24H22FN3O/c1-3-20(17-7-5-4-6-8-17)24(29)27-23-22(18-9-11-19(25)12-10-18)26-21-15-16(2)13-14-28(21)23/h4-15,20H,3H2,1-2H3,(H,27,29). The number of nitrogens with zero attached hydrogens (tertiary/aromatic N) is 2. The molecule has 2 aromatic heterocycles. The Morgan fingerprint density at radius 1 is 1.10 bits per heavy atom. The van der Waals surface area contributed by atoms with Crippen molar-refractivity contribution in [1.82, 2.24) is 9.38 Å². The van der Waals surface area contributed by atoms with E-state index in [-0.39, 0.29) is 17.6 Å². The van der Waals surface area contributed by atoms with E-state index in [0.717, 1.165) is 22.3 Å². The second-order valence-corrected chi connectivity index (χ2v) is 7.11. The van der Waals surface area contributed by atoms with Gasteiger partial charge in [-0.25, -0.2) is 9.37 Å². The van der Waals surface area contributed by atoms with E-state index in [2.05, 4.69) is 5.32 Å². The van der Waals surface area contributed by atoms with Gasteiger partial charge in [0.15, 0.2) is 0 Å². The zero-order valence-corrected chi connectivity index (χ0v) is 16.4. The fourth-order valence-electron chi connectivity index (χ4n) is 3.54. The monoisotopic (exact) mass is 387 g/mol. The summed E-state index contributed by atoms with van der Waals surface area (Å²) in [7, 11) is 0. The summed E-state index contributed by atoms with van der Waals surface area (Å²) >= 11 is 0. The number of rotatable bonds is 5. The molecular formula is C24H22FN3O. The van der Waals surface area contributed by atoms with Gasteiger partial charge in [0, 0.05) is 11.8 Å². The van der Waals surface area contributed by atoms with E-state index in [4.69, 9.17) is 4.98 Å². The average molecular weight is 387 g/mol. The molecule has 0 saturated carbocycles. The second-order valence-electron chi connectivity index (χ2n) is 7.11. The summed E-state index contributed by atoms with van der Waals surface area (Å²) in [6, 6.07) is 19.8. The molecule has 0 aliphatic heterocycles. The Labute approximate surface area is 169 Å². The molecule has 0 fully saturated rings. The first kappa shape index (κ1) is 18.9. The highest BCUT2D eigenvalue weighted by Gasteiger charge is 2.22. The van der Waals surface area contributed by atoms with Crippen molar-refractivity contribution in [2.45, 2.75) is 26.2 Å². The summed E-state index contributed by atoms with van der Waals surface area (Å²) in [5, 5.41) is 3.08. The highest BCUT2D eigenvalue weighted by molar-refractivity contribution is 5.98. The smallest absolute Gasteiger partial charge is 0.233 e. The van der Waals surface area contributed by atoms with Crippen molar-refractivity contribution in [1.29, 1.82) is 0 Å². The van der Waals surface area contributed by atoms with Crippen LogP contribution in [-0.2, 0) is 4.79 Å². The van der Waals surface area contributed by atoms with Crippen molar-refractivity contribution in [3.63, 3.8) is 0 Å². The van der Waals surface area contributed by atoms with Crippen LogP contribution in [0, 0.1) is 12.7 Å². The van der Waals surface area contributed by atoms with Gasteiger partial charge in [0.1, 0.15) is 23.0 Å². The van der Waals surface area contributed by atoms with Crippen molar-refractivity contribution >= 4 is 17.4 Å². The molecule has 1 N–H and O–H groups in total. The third-order valence-electron chi connectivity index (χ3n) is 5.07. The van der Waals surface area contributed by atoms with Crippen LogP contribution >= 0.6 is 0 Å². The first-order chi connectivity index (χ1) is 14.1. The van der Waals surface area contributed by atoms with Crippen molar-refractivity contribution in [2.24, 2.45) is 0 Å². The number of halogens is 1. The van der Waals surface area contributed by atoms with E-state index in [1.54, 1.807) is 12.1 Å². The normalized spacial score (nSPS) is 12.1. The molecule has 2 heterocycles. The minimum atomic E-state index is -0.311. The van der Waals surface area contributed by atoms with E-state index in [0.29, 0.717) is 17.9 Å². The van der Waals surface area contributed by atoms with Crippen LogP contribution in [0.4, 0.5) is 10.2 Å². The number of carbonyl (C=O) groups excluding carboxylic acids is 1. The first-order valence-electron chi connectivity index (χ1n) is 9.67. The molecule has 4 rings (SSSR count). The summed E-state index contributed by atoms with van der Waals surface area (Å²) in [5.41, 5.74) is 4.14. The zero-order valence-electron chi connectivity index (χ0n) is 16.4. The zero-order chi connectivity index (χ0) is 20.4. The van der Waals surface area contributed by atoms with Gasteiger partial charge >= 0.3 is 0 Å². The fraction of sp³-hybridized carbons (Fsp3) is 0.167. The van der Waals surface area contributed by atoms with Gasteiger partial charge < -0.3 is 5.32 Å². The minimum absolute atomic E-state index is 0.0931. The Hall–Kier alpha value is -3.47.